The lowest BCUT2D eigenvalue weighted by Crippen LogP contribution is -2.62. The van der Waals surface area contributed by atoms with Gasteiger partial charge < -0.3 is 30.3 Å². The molecule has 14 nitrogen and oxygen atoms in total. The topological polar surface area (TPSA) is 163 Å². The van der Waals surface area contributed by atoms with Gasteiger partial charge in [0.25, 0.3) is 0 Å². The molecule has 3 N–H and O–H groups in total. The van der Waals surface area contributed by atoms with Crippen molar-refractivity contribution in [2.45, 2.75) is 115 Å². The Labute approximate surface area is 347 Å². The number of methoxy groups -OCH3 is 1. The Morgan fingerprint density at radius 3 is 1.44 bits per heavy atom. The number of ether oxygens (including phenoxy) is 1. The molecule has 0 bridgehead atoms. The Kier molecular flexibility index (Phi) is 11.2. The normalized spacial score (nSPS) is 18.5. The minimum Gasteiger partial charge on any atom is -0.507 e. The average Bonchev–Trinajstić information content (AvgIpc) is 3.17. The van der Waals surface area contributed by atoms with E-state index in [-0.39, 0.29) is 27.9 Å². The molecule has 0 aliphatic carbocycles. The number of fused-ring (bicyclic) bond motifs is 2. The van der Waals surface area contributed by atoms with Crippen LogP contribution in [0.25, 0.3) is 44.3 Å². The molecule has 2 aromatic carbocycles. The lowest BCUT2D eigenvalue weighted by Gasteiger charge is -2.49. The van der Waals surface area contributed by atoms with Gasteiger partial charge in [-0.1, -0.05) is 0 Å². The van der Waals surface area contributed by atoms with Gasteiger partial charge in [0.1, 0.15) is 24.2 Å². The summed E-state index contributed by atoms with van der Waals surface area (Å²) in [7, 11) is 5.85. The second-order valence-corrected chi connectivity index (χ2v) is 18.8. The number of anilines is 2. The minimum absolute atomic E-state index is 0.0625. The highest BCUT2D eigenvalue weighted by molar-refractivity contribution is 5.87. The molecule has 2 aliphatic rings. The van der Waals surface area contributed by atoms with Gasteiger partial charge in [-0.2, -0.15) is 0 Å². The molecule has 8 rings (SSSR count). The van der Waals surface area contributed by atoms with E-state index in [2.05, 4.69) is 130 Å². The van der Waals surface area contributed by atoms with Crippen molar-refractivity contribution in [3.8, 4) is 34.0 Å². The molecule has 0 spiro atoms. The number of nitrogens with one attached hydrogen (secondary N) is 2. The zero-order valence-corrected chi connectivity index (χ0v) is 36.2. The van der Waals surface area contributed by atoms with Crippen LogP contribution in [-0.2, 0) is 0 Å². The molecule has 0 atom stereocenters. The molecule has 2 fully saturated rings. The van der Waals surface area contributed by atoms with Gasteiger partial charge in [-0.25, -0.2) is 19.9 Å². The fourth-order valence-electron chi connectivity index (χ4n) is 9.38. The molecule has 4 aromatic heterocycles. The molecule has 2 saturated heterocycles. The summed E-state index contributed by atoms with van der Waals surface area (Å²) in [5.41, 5.74) is 4.71. The molecule has 310 valence electrons. The van der Waals surface area contributed by atoms with Crippen molar-refractivity contribution < 1.29 is 9.84 Å². The van der Waals surface area contributed by atoms with Crippen molar-refractivity contribution in [2.24, 2.45) is 0 Å². The van der Waals surface area contributed by atoms with Gasteiger partial charge in [0, 0.05) is 94.8 Å². The van der Waals surface area contributed by atoms with Gasteiger partial charge in [-0.3, -0.25) is 0 Å². The Bertz CT molecular complexity index is 2390. The fourth-order valence-corrected chi connectivity index (χ4v) is 9.38. The van der Waals surface area contributed by atoms with Crippen molar-refractivity contribution in [3.63, 3.8) is 0 Å². The molecule has 6 aromatic rings. The third-order valence-corrected chi connectivity index (χ3v) is 11.5. The summed E-state index contributed by atoms with van der Waals surface area (Å²) >= 11 is 0. The second kappa shape index (κ2) is 15.9. The summed E-state index contributed by atoms with van der Waals surface area (Å²) in [6.45, 7) is 18.0. The summed E-state index contributed by atoms with van der Waals surface area (Å²) in [6.07, 6.45) is 10.7. The smallest absolute Gasteiger partial charge is 0.151 e. The van der Waals surface area contributed by atoms with E-state index in [1.165, 1.54) is 12.7 Å². The van der Waals surface area contributed by atoms with Gasteiger partial charge in [-0.05, 0) is 117 Å². The molecule has 0 amide bonds. The number of phenols is 1. The maximum absolute atomic E-state index is 10.4. The number of aromatic hydroxyl groups is 1. The molecular weight excluding hydrogens is 741 g/mol. The van der Waals surface area contributed by atoms with Crippen LogP contribution in [0.5, 0.6) is 11.5 Å². The van der Waals surface area contributed by atoms with Crippen molar-refractivity contribution >= 4 is 33.4 Å². The number of benzene rings is 2. The average molecular weight is 799 g/mol. The second-order valence-electron chi connectivity index (χ2n) is 18.8. The van der Waals surface area contributed by atoms with Crippen LogP contribution in [0.3, 0.4) is 0 Å². The first-order valence-electron chi connectivity index (χ1n) is 20.2. The largest absolute Gasteiger partial charge is 0.507 e. The molecule has 59 heavy (non-hydrogen) atoms. The Morgan fingerprint density at radius 2 is 1.02 bits per heavy atom. The van der Waals surface area contributed by atoms with Crippen LogP contribution >= 0.6 is 0 Å². The number of hydrogen-bond donors (Lipinski definition) is 3. The number of aromatic nitrogens is 8. The summed E-state index contributed by atoms with van der Waals surface area (Å²) < 4.78 is 5.58. The lowest BCUT2D eigenvalue weighted by atomic mass is 9.79. The molecular formula is C45H58N12O2. The van der Waals surface area contributed by atoms with E-state index >= 15 is 0 Å². The quantitative estimate of drug-likeness (QED) is 0.147. The number of nitrogens with zero attached hydrogens (tertiary/aromatic N) is 10. The van der Waals surface area contributed by atoms with E-state index in [1.54, 1.807) is 25.6 Å². The van der Waals surface area contributed by atoms with E-state index in [9.17, 15) is 5.11 Å². The standard InChI is InChI=1S/C23H30N6O.C22H28N6O/c1-22(2)11-16(12-23(3,4)28-22)29(5)21-8-7-18(26-27-21)17-9-15-13-24-14-25-19(15)10-20(17)30-6;1-21(2)10-15(11-22(3,4)27-21)28(5)20-7-6-17(25-26-20)16-8-14-12-23-13-24-18(14)9-19(16)29/h7-10,13-14,16,28H,11-12H2,1-6H3;6-9,12-13,15,27,29H,10-11H2,1-5H3. The number of rotatable bonds is 7. The first-order valence-corrected chi connectivity index (χ1v) is 20.2. The summed E-state index contributed by atoms with van der Waals surface area (Å²) in [5, 5.41) is 37.6. The fraction of sp³-hybridized carbons (Fsp3) is 0.467. The van der Waals surface area contributed by atoms with E-state index < -0.39 is 0 Å². The zero-order valence-electron chi connectivity index (χ0n) is 36.2. The molecule has 0 radical (unpaired) electrons. The van der Waals surface area contributed by atoms with Gasteiger partial charge in [0.05, 0.1) is 29.5 Å². The van der Waals surface area contributed by atoms with Crippen LogP contribution in [0.4, 0.5) is 11.6 Å². The van der Waals surface area contributed by atoms with Crippen molar-refractivity contribution in [1.82, 2.24) is 51.0 Å². The first-order chi connectivity index (χ1) is 27.8. The summed E-state index contributed by atoms with van der Waals surface area (Å²) in [5.74, 6) is 2.56. The highest BCUT2D eigenvalue weighted by atomic mass is 16.5. The monoisotopic (exact) mass is 798 g/mol. The van der Waals surface area contributed by atoms with Crippen LogP contribution in [0.15, 0.2) is 73.6 Å². The van der Waals surface area contributed by atoms with E-state index in [1.807, 2.05) is 42.5 Å². The van der Waals surface area contributed by atoms with Crippen molar-refractivity contribution in [1.29, 1.82) is 0 Å². The summed E-state index contributed by atoms with van der Waals surface area (Å²) in [6, 6.07) is 16.1. The number of phenolic OH excluding ortho intramolecular Hbond substituents is 1. The van der Waals surface area contributed by atoms with Crippen LogP contribution < -0.4 is 25.2 Å². The third kappa shape index (κ3) is 9.49. The van der Waals surface area contributed by atoms with Gasteiger partial charge in [0.2, 0.25) is 0 Å². The minimum atomic E-state index is 0.0625. The first kappa shape index (κ1) is 41.6. The zero-order chi connectivity index (χ0) is 42.3. The summed E-state index contributed by atoms with van der Waals surface area (Å²) in [4.78, 5) is 21.1. The molecule has 0 unspecified atom stereocenters. The van der Waals surface area contributed by atoms with Crippen LogP contribution in [0.2, 0.25) is 0 Å². The lowest BCUT2D eigenvalue weighted by molar-refractivity contribution is 0.160. The molecule has 2 aliphatic heterocycles. The van der Waals surface area contributed by atoms with E-state index in [0.717, 1.165) is 70.6 Å². The van der Waals surface area contributed by atoms with E-state index in [4.69, 9.17) is 4.74 Å². The highest BCUT2D eigenvalue weighted by Crippen LogP contribution is 2.37. The van der Waals surface area contributed by atoms with E-state index in [0.29, 0.717) is 28.9 Å². The third-order valence-electron chi connectivity index (χ3n) is 11.5. The van der Waals surface area contributed by atoms with Gasteiger partial charge in [0.15, 0.2) is 11.6 Å². The predicted molar refractivity (Wildman–Crippen MR) is 235 cm³/mol. The van der Waals surface area contributed by atoms with Crippen molar-refractivity contribution in [3.05, 3.63) is 73.6 Å². The maximum atomic E-state index is 10.4. The van der Waals surface area contributed by atoms with Gasteiger partial charge >= 0.3 is 0 Å². The SMILES string of the molecule is CN(c1ccc(-c2cc3cncnc3cc2O)nn1)C1CC(C)(C)NC(C)(C)C1.COc1cc2ncncc2cc1-c1ccc(N(C)C2CC(C)(C)NC(C)(C)C2)nn1. The molecule has 6 heterocycles. The molecule has 0 saturated carbocycles. The number of piperidine rings is 2. The van der Waals surface area contributed by atoms with Crippen LogP contribution in [0, 0.1) is 0 Å². The Balaban J connectivity index is 0.000000179. The predicted octanol–water partition coefficient (Wildman–Crippen LogP) is 7.38. The highest BCUT2D eigenvalue weighted by Gasteiger charge is 2.40. The van der Waals surface area contributed by atoms with Crippen molar-refractivity contribution in [2.75, 3.05) is 31.0 Å². The van der Waals surface area contributed by atoms with Gasteiger partial charge in [-0.15, -0.1) is 20.4 Å². The Hall–Kier alpha value is -5.60. The van der Waals surface area contributed by atoms with Crippen LogP contribution in [-0.4, -0.2) is 101 Å². The van der Waals surface area contributed by atoms with Crippen LogP contribution in [0.1, 0.15) is 81.1 Å². The maximum Gasteiger partial charge on any atom is 0.151 e. The number of hydrogen-bond acceptors (Lipinski definition) is 14. The molecule has 14 heteroatoms. The Morgan fingerprint density at radius 1 is 0.593 bits per heavy atom.